The zero-order valence-electron chi connectivity index (χ0n) is 5.86. The van der Waals surface area contributed by atoms with Crippen LogP contribution in [0.25, 0.3) is 0 Å². The van der Waals surface area contributed by atoms with E-state index < -0.39 is 0 Å². The van der Waals surface area contributed by atoms with Gasteiger partial charge < -0.3 is 0 Å². The molecule has 0 fully saturated rings. The van der Waals surface area contributed by atoms with Crippen LogP contribution in [0.4, 0.5) is 0 Å². The molecule has 1 aromatic carbocycles. The number of rotatable bonds is 0. The van der Waals surface area contributed by atoms with Crippen LogP contribution in [0.2, 0.25) is 10.0 Å². The van der Waals surface area contributed by atoms with Gasteiger partial charge in [-0.1, -0.05) is 23.2 Å². The highest BCUT2D eigenvalue weighted by Crippen LogP contribution is 2.21. The van der Waals surface area contributed by atoms with Gasteiger partial charge in [-0.25, -0.2) is 0 Å². The van der Waals surface area contributed by atoms with E-state index in [1.54, 1.807) is 0 Å². The largest absolute Gasteiger partial charge is 0.192 e. The first kappa shape index (κ1) is 6.03. The lowest BCUT2D eigenvalue weighted by molar-refractivity contribution is 1.48. The van der Waals surface area contributed by atoms with E-state index in [0.29, 0.717) is 5.02 Å². The van der Waals surface area contributed by atoms with Crippen LogP contribution < -0.4 is 0 Å². The fraction of sp³-hybridized carbons (Fsp3) is 0. The van der Waals surface area contributed by atoms with Crippen molar-refractivity contribution in [2.75, 3.05) is 0 Å². The van der Waals surface area contributed by atoms with Crippen molar-refractivity contribution < 1.29 is 1.37 Å². The fourth-order valence-corrected chi connectivity index (χ4v) is 0.790. The van der Waals surface area contributed by atoms with E-state index in [2.05, 4.69) is 0 Å². The van der Waals surface area contributed by atoms with Gasteiger partial charge in [0.25, 0.3) is 0 Å². The molecule has 3 heteroatoms. The Bertz CT molecular complexity index is 330. The average Bonchev–Trinajstić information content (AvgIpc) is 2.01. The molecule has 0 N–H and O–H groups in total. The highest BCUT2D eigenvalue weighted by Gasteiger charge is 1.96. The number of hydrogen-bond acceptors (Lipinski definition) is 1. The second-order valence-corrected chi connectivity index (χ2v) is 2.43. The van der Waals surface area contributed by atoms with E-state index in [0.717, 1.165) is 0 Å². The molecule has 0 aliphatic rings. The number of nitrogens with zero attached hydrogens (tertiary/aromatic N) is 1. The standard InChI is InChI=1S/C7H3Cl2N/c8-6-2-1-5(4-10)3-7(6)9/h1-3H/i3D. The molecule has 0 bridgehead atoms. The summed E-state index contributed by atoms with van der Waals surface area (Å²) in [6, 6.07) is 4.79. The maximum atomic E-state index is 8.46. The lowest BCUT2D eigenvalue weighted by atomic mass is 10.2. The van der Waals surface area contributed by atoms with Crippen LogP contribution in [0.1, 0.15) is 6.93 Å². The molecule has 0 aliphatic heterocycles. The van der Waals surface area contributed by atoms with Crippen molar-refractivity contribution in [1.82, 2.24) is 0 Å². The second kappa shape index (κ2) is 2.92. The van der Waals surface area contributed by atoms with Crippen LogP contribution in [0.5, 0.6) is 0 Å². The zero-order valence-corrected chi connectivity index (χ0v) is 6.37. The fourth-order valence-electron chi connectivity index (χ4n) is 0.514. The van der Waals surface area contributed by atoms with E-state index in [9.17, 15) is 0 Å². The molecule has 10 heavy (non-hydrogen) atoms. The Morgan fingerprint density at radius 3 is 2.70 bits per heavy atom. The van der Waals surface area contributed by atoms with Crippen LogP contribution in [0, 0.1) is 11.3 Å². The topological polar surface area (TPSA) is 23.8 Å². The van der Waals surface area contributed by atoms with Gasteiger partial charge in [0.15, 0.2) is 0 Å². The first-order valence-electron chi connectivity index (χ1n) is 3.01. The minimum absolute atomic E-state index is 0.0123. The highest BCUT2D eigenvalue weighted by atomic mass is 35.5. The summed E-state index contributed by atoms with van der Waals surface area (Å²) >= 11 is 11.2. The highest BCUT2D eigenvalue weighted by molar-refractivity contribution is 6.42. The summed E-state index contributed by atoms with van der Waals surface area (Å²) in [5, 5.41) is 8.89. The predicted molar refractivity (Wildman–Crippen MR) is 41.2 cm³/mol. The van der Waals surface area contributed by atoms with Crippen molar-refractivity contribution in [3.63, 3.8) is 0 Å². The van der Waals surface area contributed by atoms with Crippen molar-refractivity contribution >= 4 is 23.2 Å². The minimum atomic E-state index is -0.0123. The summed E-state index contributed by atoms with van der Waals surface area (Å²) in [6.45, 7) is 0. The van der Waals surface area contributed by atoms with Crippen LogP contribution >= 0.6 is 23.2 Å². The normalized spacial score (nSPS) is 10.3. The van der Waals surface area contributed by atoms with Gasteiger partial charge in [0.05, 0.1) is 23.0 Å². The SMILES string of the molecule is [2H]c1c(C#N)ccc(Cl)c1Cl. The summed E-state index contributed by atoms with van der Waals surface area (Å²) in [5.41, 5.74) is 0.236. The monoisotopic (exact) mass is 172 g/mol. The number of benzene rings is 1. The van der Waals surface area contributed by atoms with E-state index in [4.69, 9.17) is 29.8 Å². The van der Waals surface area contributed by atoms with Gasteiger partial charge in [-0.3, -0.25) is 0 Å². The third kappa shape index (κ3) is 1.41. The molecule has 0 spiro atoms. The summed E-state index contributed by atoms with van der Waals surface area (Å²) in [4.78, 5) is 0. The molecule has 1 nitrogen and oxygen atoms in total. The van der Waals surface area contributed by atoms with Gasteiger partial charge in [-0.15, -0.1) is 0 Å². The number of nitriles is 1. The van der Waals surface area contributed by atoms with Gasteiger partial charge in [-0.05, 0) is 18.2 Å². The molecule has 0 saturated carbocycles. The molecular formula is C7H3Cl2N. The Morgan fingerprint density at radius 2 is 2.10 bits per heavy atom. The lowest BCUT2D eigenvalue weighted by Gasteiger charge is -1.92. The lowest BCUT2D eigenvalue weighted by Crippen LogP contribution is -1.73. The van der Waals surface area contributed by atoms with Crippen LogP contribution in [-0.2, 0) is 0 Å². The molecule has 1 aromatic rings. The van der Waals surface area contributed by atoms with E-state index >= 15 is 0 Å². The van der Waals surface area contributed by atoms with Gasteiger partial charge in [0.1, 0.15) is 0 Å². The Labute approximate surface area is 70.2 Å². The van der Waals surface area contributed by atoms with Gasteiger partial charge in [0.2, 0.25) is 0 Å². The molecule has 0 amide bonds. The van der Waals surface area contributed by atoms with E-state index in [1.807, 2.05) is 6.07 Å². The van der Waals surface area contributed by atoms with Crippen molar-refractivity contribution in [1.29, 1.82) is 5.26 Å². The van der Waals surface area contributed by atoms with E-state index in [1.165, 1.54) is 12.1 Å². The molecule has 0 aromatic heterocycles. The Kier molecular flexibility index (Phi) is 1.76. The van der Waals surface area contributed by atoms with Crippen LogP contribution in [-0.4, -0.2) is 0 Å². The van der Waals surface area contributed by atoms with Crippen molar-refractivity contribution in [3.8, 4) is 6.07 Å². The molecule has 0 radical (unpaired) electrons. The maximum absolute atomic E-state index is 8.46. The first-order chi connectivity index (χ1) is 5.16. The quantitative estimate of drug-likeness (QED) is 0.591. The summed E-state index contributed by atoms with van der Waals surface area (Å²) < 4.78 is 7.30. The smallest absolute Gasteiger partial charge is 0.0992 e. The van der Waals surface area contributed by atoms with Crippen LogP contribution in [0.15, 0.2) is 18.2 Å². The second-order valence-electron chi connectivity index (χ2n) is 1.65. The Hall–Kier alpha value is -0.710. The van der Waals surface area contributed by atoms with Gasteiger partial charge in [-0.2, -0.15) is 5.26 Å². The predicted octanol–water partition coefficient (Wildman–Crippen LogP) is 2.87. The first-order valence-corrected chi connectivity index (χ1v) is 3.27. The summed E-state index contributed by atoms with van der Waals surface area (Å²) in [6.07, 6.45) is 0. The molecular weight excluding hydrogens is 169 g/mol. The molecule has 0 unspecified atom stereocenters. The molecule has 0 heterocycles. The zero-order chi connectivity index (χ0) is 8.43. The Balaban J connectivity index is 3.40. The minimum Gasteiger partial charge on any atom is -0.192 e. The van der Waals surface area contributed by atoms with E-state index in [-0.39, 0.29) is 16.6 Å². The third-order valence-corrected chi connectivity index (χ3v) is 1.68. The Morgan fingerprint density at radius 1 is 1.40 bits per heavy atom. The third-order valence-electron chi connectivity index (χ3n) is 0.971. The van der Waals surface area contributed by atoms with Gasteiger partial charge >= 0.3 is 0 Å². The summed E-state index contributed by atoms with van der Waals surface area (Å²) in [5.74, 6) is 0. The molecule has 0 aliphatic carbocycles. The summed E-state index contributed by atoms with van der Waals surface area (Å²) in [7, 11) is 0. The molecule has 0 atom stereocenters. The molecule has 1 rings (SSSR count). The van der Waals surface area contributed by atoms with Crippen molar-refractivity contribution in [2.24, 2.45) is 0 Å². The molecule has 0 saturated heterocycles. The van der Waals surface area contributed by atoms with Crippen molar-refractivity contribution in [3.05, 3.63) is 33.8 Å². The maximum Gasteiger partial charge on any atom is 0.0992 e. The van der Waals surface area contributed by atoms with Gasteiger partial charge in [0, 0.05) is 0 Å². The van der Waals surface area contributed by atoms with Crippen LogP contribution in [0.3, 0.4) is 0 Å². The average molecular weight is 173 g/mol. The molecule has 50 valence electrons. The number of halogens is 2. The number of hydrogen-bond donors (Lipinski definition) is 0. The van der Waals surface area contributed by atoms with Crippen molar-refractivity contribution in [2.45, 2.75) is 0 Å².